The minimum absolute atomic E-state index is 0.0226. The topological polar surface area (TPSA) is 78.9 Å². The lowest BCUT2D eigenvalue weighted by Gasteiger charge is -2.36. The highest BCUT2D eigenvalue weighted by Crippen LogP contribution is 2.55. The number of rotatable bonds is 7. The van der Waals surface area contributed by atoms with E-state index in [1.165, 1.54) is 12.8 Å². The van der Waals surface area contributed by atoms with Crippen LogP contribution in [0.25, 0.3) is 0 Å². The van der Waals surface area contributed by atoms with E-state index < -0.39 is 5.41 Å². The van der Waals surface area contributed by atoms with Crippen LogP contribution in [-0.4, -0.2) is 35.7 Å². The van der Waals surface area contributed by atoms with Gasteiger partial charge in [-0.25, -0.2) is 0 Å². The molecule has 3 aliphatic carbocycles. The maximum absolute atomic E-state index is 12.1. The second kappa shape index (κ2) is 9.81. The van der Waals surface area contributed by atoms with E-state index in [1.54, 1.807) is 0 Å². The van der Waals surface area contributed by atoms with Gasteiger partial charge in [-0.15, -0.1) is 0 Å². The summed E-state index contributed by atoms with van der Waals surface area (Å²) in [6.07, 6.45) is 7.49. The molecule has 6 heteroatoms. The van der Waals surface area contributed by atoms with Crippen molar-refractivity contribution < 1.29 is 28.6 Å². The molecule has 0 aromatic carbocycles. The molecule has 0 aromatic rings. The van der Waals surface area contributed by atoms with Crippen LogP contribution in [0.3, 0.4) is 0 Å². The fraction of sp³-hybridized carbons (Fsp3) is 0.893. The lowest BCUT2D eigenvalue weighted by molar-refractivity contribution is -0.175. The molecule has 3 saturated carbocycles. The van der Waals surface area contributed by atoms with Gasteiger partial charge in [-0.05, 0) is 85.0 Å². The van der Waals surface area contributed by atoms with E-state index in [-0.39, 0.29) is 47.0 Å². The van der Waals surface area contributed by atoms with Crippen LogP contribution in [0.15, 0.2) is 0 Å². The highest BCUT2D eigenvalue weighted by atomic mass is 16.6. The van der Waals surface area contributed by atoms with Gasteiger partial charge >= 0.3 is 17.9 Å². The Kier molecular flexibility index (Phi) is 7.79. The summed E-state index contributed by atoms with van der Waals surface area (Å²) in [5, 5.41) is 0. The Morgan fingerprint density at radius 1 is 1.00 bits per heavy atom. The average Bonchev–Trinajstić information content (AvgIpc) is 3.53. The zero-order valence-corrected chi connectivity index (χ0v) is 22.6. The predicted octanol–water partition coefficient (Wildman–Crippen LogP) is 5.85. The molecule has 1 aliphatic heterocycles. The van der Waals surface area contributed by atoms with E-state index in [0.717, 1.165) is 38.5 Å². The SMILES string of the molecule is CCC(C)(C)C(=O)OC1(C(C)C)CCCC1.CCC(C)(C)C(=O)OC1C2CC3C(=O)OC1C3C2. The van der Waals surface area contributed by atoms with Crippen LogP contribution in [-0.2, 0) is 28.6 Å². The summed E-state index contributed by atoms with van der Waals surface area (Å²) in [6.45, 7) is 16.1. The lowest BCUT2D eigenvalue weighted by Crippen LogP contribution is -2.41. The molecule has 0 N–H and O–H groups in total. The number of carbonyl (C=O) groups is 3. The standard InChI is InChI=1S/C14H20O4.C14H26O2/c1-4-14(2,3)13(16)18-10-7-5-8-9(6-7)12(15)17-11(8)10;1-6-13(4,5)12(15)16-14(11(2)3)9-7-8-10-14/h7-11H,4-6H2,1-3H3;11H,6-10H2,1-5H3. The molecule has 0 amide bonds. The van der Waals surface area contributed by atoms with E-state index in [2.05, 4.69) is 13.8 Å². The van der Waals surface area contributed by atoms with Crippen molar-refractivity contribution in [3.8, 4) is 0 Å². The first-order valence-corrected chi connectivity index (χ1v) is 13.4. The lowest BCUT2D eigenvalue weighted by atomic mass is 9.86. The molecule has 0 aromatic heterocycles. The number of carbonyl (C=O) groups excluding carboxylic acids is 3. The number of hydrogen-bond acceptors (Lipinski definition) is 6. The third-order valence-electron chi connectivity index (χ3n) is 9.33. The van der Waals surface area contributed by atoms with E-state index in [0.29, 0.717) is 17.8 Å². The first-order valence-electron chi connectivity index (χ1n) is 13.4. The van der Waals surface area contributed by atoms with Crippen molar-refractivity contribution in [3.05, 3.63) is 0 Å². The highest BCUT2D eigenvalue weighted by molar-refractivity contribution is 5.78. The van der Waals surface area contributed by atoms with Crippen molar-refractivity contribution in [1.82, 2.24) is 0 Å². The third-order valence-corrected chi connectivity index (χ3v) is 9.33. The van der Waals surface area contributed by atoms with Gasteiger partial charge in [0.2, 0.25) is 0 Å². The van der Waals surface area contributed by atoms with E-state index in [1.807, 2.05) is 41.5 Å². The van der Waals surface area contributed by atoms with Gasteiger partial charge in [-0.1, -0.05) is 27.7 Å². The van der Waals surface area contributed by atoms with Crippen LogP contribution in [0.2, 0.25) is 0 Å². The number of esters is 3. The Morgan fingerprint density at radius 2 is 1.56 bits per heavy atom. The van der Waals surface area contributed by atoms with Crippen LogP contribution in [0, 0.1) is 34.5 Å². The molecule has 1 saturated heterocycles. The van der Waals surface area contributed by atoms with Gasteiger partial charge in [0.15, 0.2) is 0 Å². The summed E-state index contributed by atoms with van der Waals surface area (Å²) in [4.78, 5) is 35.9. The summed E-state index contributed by atoms with van der Waals surface area (Å²) >= 11 is 0. The number of fused-ring (bicyclic) bond motifs is 1. The molecule has 6 nitrogen and oxygen atoms in total. The van der Waals surface area contributed by atoms with Crippen LogP contribution >= 0.6 is 0 Å². The highest BCUT2D eigenvalue weighted by Gasteiger charge is 2.63. The number of ether oxygens (including phenoxy) is 3. The van der Waals surface area contributed by atoms with Crippen molar-refractivity contribution >= 4 is 17.9 Å². The molecule has 4 aliphatic rings. The summed E-state index contributed by atoms with van der Waals surface area (Å²) in [7, 11) is 0. The fourth-order valence-electron chi connectivity index (χ4n) is 5.73. The molecule has 4 fully saturated rings. The summed E-state index contributed by atoms with van der Waals surface area (Å²) in [5.41, 5.74) is -0.974. The summed E-state index contributed by atoms with van der Waals surface area (Å²) < 4.78 is 16.9. The molecular weight excluding hydrogens is 432 g/mol. The first-order chi connectivity index (χ1) is 15.8. The van der Waals surface area contributed by atoms with Gasteiger partial charge in [0, 0.05) is 11.8 Å². The van der Waals surface area contributed by atoms with Gasteiger partial charge in [-0.2, -0.15) is 0 Å². The zero-order valence-electron chi connectivity index (χ0n) is 22.6. The van der Waals surface area contributed by atoms with Gasteiger partial charge in [0.25, 0.3) is 0 Å². The second-order valence-electron chi connectivity index (χ2n) is 12.6. The third kappa shape index (κ3) is 5.02. The van der Waals surface area contributed by atoms with Crippen LogP contribution < -0.4 is 0 Å². The Bertz CT molecular complexity index is 776. The smallest absolute Gasteiger partial charge is 0.312 e. The molecule has 34 heavy (non-hydrogen) atoms. The van der Waals surface area contributed by atoms with Crippen LogP contribution in [0.5, 0.6) is 0 Å². The molecule has 5 atom stereocenters. The molecule has 0 spiro atoms. The molecule has 4 rings (SSSR count). The Labute approximate surface area is 205 Å². The summed E-state index contributed by atoms with van der Waals surface area (Å²) in [5.74, 6) is 0.854. The molecule has 2 bridgehead atoms. The predicted molar refractivity (Wildman–Crippen MR) is 130 cm³/mol. The molecule has 5 unspecified atom stereocenters. The van der Waals surface area contributed by atoms with Gasteiger partial charge in [0.05, 0.1) is 16.7 Å². The van der Waals surface area contributed by atoms with Crippen LogP contribution in [0.4, 0.5) is 0 Å². The fourth-order valence-corrected chi connectivity index (χ4v) is 5.73. The van der Waals surface area contributed by atoms with Gasteiger partial charge in [0.1, 0.15) is 17.8 Å². The Hall–Kier alpha value is -1.59. The average molecular weight is 479 g/mol. The van der Waals surface area contributed by atoms with Crippen molar-refractivity contribution in [2.24, 2.45) is 34.5 Å². The largest absolute Gasteiger partial charge is 0.458 e. The molecule has 1 heterocycles. The van der Waals surface area contributed by atoms with Crippen molar-refractivity contribution in [1.29, 1.82) is 0 Å². The van der Waals surface area contributed by atoms with Gasteiger partial charge < -0.3 is 14.2 Å². The molecule has 194 valence electrons. The van der Waals surface area contributed by atoms with E-state index >= 15 is 0 Å². The first kappa shape index (κ1) is 27.0. The van der Waals surface area contributed by atoms with E-state index in [9.17, 15) is 14.4 Å². The molecular formula is C28H46O6. The number of hydrogen-bond donors (Lipinski definition) is 0. The minimum Gasteiger partial charge on any atom is -0.458 e. The maximum Gasteiger partial charge on any atom is 0.312 e. The van der Waals surface area contributed by atoms with E-state index in [4.69, 9.17) is 14.2 Å². The van der Waals surface area contributed by atoms with Crippen LogP contribution in [0.1, 0.15) is 107 Å². The summed E-state index contributed by atoms with van der Waals surface area (Å²) in [6, 6.07) is 0. The van der Waals surface area contributed by atoms with Crippen molar-refractivity contribution in [3.63, 3.8) is 0 Å². The Morgan fingerprint density at radius 3 is 2.09 bits per heavy atom. The van der Waals surface area contributed by atoms with Crippen molar-refractivity contribution in [2.75, 3.05) is 0 Å². The zero-order chi connectivity index (χ0) is 25.5. The van der Waals surface area contributed by atoms with Gasteiger partial charge in [-0.3, -0.25) is 14.4 Å². The second-order valence-corrected chi connectivity index (χ2v) is 12.6. The Balaban J connectivity index is 0.000000192. The monoisotopic (exact) mass is 478 g/mol. The maximum atomic E-state index is 12.1. The molecule has 0 radical (unpaired) electrons. The minimum atomic E-state index is -0.455. The normalized spacial score (nSPS) is 31.2. The van der Waals surface area contributed by atoms with Crippen molar-refractivity contribution in [2.45, 2.75) is 125 Å². The quantitative estimate of drug-likeness (QED) is 0.337.